The first-order chi connectivity index (χ1) is 14.7. The van der Waals surface area contributed by atoms with E-state index in [4.69, 9.17) is 0 Å². The van der Waals surface area contributed by atoms with Crippen molar-refractivity contribution < 1.29 is 4.79 Å². The SMILES string of the molecule is CCCCCCCCc1ccc(-c2ccc(C(=O)Nc3ccc(C)cn3)cc2)cc1. The number of aryl methyl sites for hydroxylation is 2. The molecule has 3 rings (SSSR count). The van der Waals surface area contributed by atoms with E-state index in [1.165, 1.54) is 49.7 Å². The largest absolute Gasteiger partial charge is 0.307 e. The summed E-state index contributed by atoms with van der Waals surface area (Å²) in [7, 11) is 0. The zero-order chi connectivity index (χ0) is 21.2. The molecule has 1 heterocycles. The highest BCUT2D eigenvalue weighted by Gasteiger charge is 2.07. The number of aromatic nitrogens is 1. The van der Waals surface area contributed by atoms with Crippen molar-refractivity contribution >= 4 is 11.7 Å². The first-order valence-electron chi connectivity index (χ1n) is 11.1. The molecule has 1 N–H and O–H groups in total. The van der Waals surface area contributed by atoms with E-state index < -0.39 is 0 Å². The van der Waals surface area contributed by atoms with E-state index >= 15 is 0 Å². The summed E-state index contributed by atoms with van der Waals surface area (Å²) in [6, 6.07) is 20.3. The van der Waals surface area contributed by atoms with Crippen molar-refractivity contribution in [3.05, 3.63) is 83.6 Å². The molecule has 3 nitrogen and oxygen atoms in total. The summed E-state index contributed by atoms with van der Waals surface area (Å²) in [5.74, 6) is 0.419. The van der Waals surface area contributed by atoms with Gasteiger partial charge in [0.25, 0.3) is 5.91 Å². The van der Waals surface area contributed by atoms with Crippen LogP contribution >= 0.6 is 0 Å². The normalized spacial score (nSPS) is 10.7. The fraction of sp³-hybridized carbons (Fsp3) is 0.333. The van der Waals surface area contributed by atoms with Gasteiger partial charge in [0, 0.05) is 11.8 Å². The van der Waals surface area contributed by atoms with Gasteiger partial charge >= 0.3 is 0 Å². The minimum atomic E-state index is -0.146. The van der Waals surface area contributed by atoms with Gasteiger partial charge in [-0.2, -0.15) is 0 Å². The first kappa shape index (κ1) is 21.8. The van der Waals surface area contributed by atoms with Crippen LogP contribution in [0, 0.1) is 6.92 Å². The number of rotatable bonds is 10. The molecule has 2 aromatic carbocycles. The molecule has 3 aromatic rings. The summed E-state index contributed by atoms with van der Waals surface area (Å²) in [4.78, 5) is 16.6. The number of pyridine rings is 1. The molecule has 0 radical (unpaired) electrons. The Balaban J connectivity index is 1.52. The predicted octanol–water partition coefficient (Wildman–Crippen LogP) is 7.21. The monoisotopic (exact) mass is 400 g/mol. The Morgan fingerprint density at radius 3 is 2.07 bits per heavy atom. The smallest absolute Gasteiger partial charge is 0.256 e. The van der Waals surface area contributed by atoms with Crippen molar-refractivity contribution in [1.29, 1.82) is 0 Å². The second-order valence-electron chi connectivity index (χ2n) is 7.97. The lowest BCUT2D eigenvalue weighted by molar-refractivity contribution is 0.102. The Bertz CT molecular complexity index is 913. The van der Waals surface area contributed by atoms with Crippen molar-refractivity contribution in [1.82, 2.24) is 4.98 Å². The molecule has 156 valence electrons. The molecular weight excluding hydrogens is 368 g/mol. The maximum atomic E-state index is 12.4. The van der Waals surface area contributed by atoms with Crippen molar-refractivity contribution in [3.8, 4) is 11.1 Å². The number of hydrogen-bond donors (Lipinski definition) is 1. The van der Waals surface area contributed by atoms with Crippen LogP contribution in [0.1, 0.15) is 66.9 Å². The minimum Gasteiger partial charge on any atom is -0.307 e. The van der Waals surface area contributed by atoms with Crippen LogP contribution in [0.2, 0.25) is 0 Å². The molecule has 0 atom stereocenters. The van der Waals surface area contributed by atoms with Crippen LogP contribution in [0.25, 0.3) is 11.1 Å². The molecule has 3 heteroatoms. The van der Waals surface area contributed by atoms with Gasteiger partial charge in [-0.15, -0.1) is 0 Å². The lowest BCUT2D eigenvalue weighted by Gasteiger charge is -2.07. The Kier molecular flexibility index (Phi) is 8.20. The van der Waals surface area contributed by atoms with Crippen LogP contribution in [0.4, 0.5) is 5.82 Å². The predicted molar refractivity (Wildman–Crippen MR) is 126 cm³/mol. The Morgan fingerprint density at radius 2 is 1.43 bits per heavy atom. The summed E-state index contributed by atoms with van der Waals surface area (Å²) in [6.45, 7) is 4.23. The van der Waals surface area contributed by atoms with E-state index in [2.05, 4.69) is 41.5 Å². The zero-order valence-electron chi connectivity index (χ0n) is 18.2. The van der Waals surface area contributed by atoms with E-state index in [1.807, 2.05) is 43.3 Å². The van der Waals surface area contributed by atoms with Crippen LogP contribution in [0.3, 0.4) is 0 Å². The van der Waals surface area contributed by atoms with Crippen LogP contribution in [-0.2, 0) is 6.42 Å². The summed E-state index contributed by atoms with van der Waals surface area (Å²) in [6.07, 6.45) is 10.9. The number of carbonyl (C=O) groups is 1. The van der Waals surface area contributed by atoms with Crippen molar-refractivity contribution in [3.63, 3.8) is 0 Å². The maximum Gasteiger partial charge on any atom is 0.256 e. The first-order valence-corrected chi connectivity index (χ1v) is 11.1. The Morgan fingerprint density at radius 1 is 0.800 bits per heavy atom. The van der Waals surface area contributed by atoms with Crippen molar-refractivity contribution in [2.45, 2.75) is 58.8 Å². The van der Waals surface area contributed by atoms with Crippen LogP contribution < -0.4 is 5.32 Å². The molecular formula is C27H32N2O. The number of nitrogens with one attached hydrogen (secondary N) is 1. The molecule has 30 heavy (non-hydrogen) atoms. The lowest BCUT2D eigenvalue weighted by atomic mass is 10.00. The van der Waals surface area contributed by atoms with Crippen LogP contribution in [0.15, 0.2) is 66.9 Å². The Labute approximate surface area is 180 Å². The summed E-state index contributed by atoms with van der Waals surface area (Å²) >= 11 is 0. The molecule has 0 aliphatic heterocycles. The van der Waals surface area contributed by atoms with Gasteiger partial charge in [0.05, 0.1) is 0 Å². The molecule has 1 amide bonds. The number of unbranched alkanes of at least 4 members (excludes halogenated alkanes) is 5. The van der Waals surface area contributed by atoms with E-state index in [9.17, 15) is 4.79 Å². The highest BCUT2D eigenvalue weighted by atomic mass is 16.1. The van der Waals surface area contributed by atoms with E-state index in [-0.39, 0.29) is 5.91 Å². The number of amides is 1. The molecule has 0 saturated carbocycles. The van der Waals surface area contributed by atoms with Crippen molar-refractivity contribution in [2.24, 2.45) is 0 Å². The van der Waals surface area contributed by atoms with Gasteiger partial charge < -0.3 is 5.32 Å². The average Bonchev–Trinajstić information content (AvgIpc) is 2.78. The number of benzene rings is 2. The van der Waals surface area contributed by atoms with Gasteiger partial charge in [0.2, 0.25) is 0 Å². The second kappa shape index (κ2) is 11.3. The molecule has 0 spiro atoms. The average molecular weight is 401 g/mol. The quantitative estimate of drug-likeness (QED) is 0.365. The van der Waals surface area contributed by atoms with E-state index in [0.717, 1.165) is 17.5 Å². The summed E-state index contributed by atoms with van der Waals surface area (Å²) in [5, 5.41) is 2.84. The molecule has 0 bridgehead atoms. The summed E-state index contributed by atoms with van der Waals surface area (Å²) in [5.41, 5.74) is 5.38. The van der Waals surface area contributed by atoms with Gasteiger partial charge in [-0.1, -0.05) is 81.5 Å². The number of hydrogen-bond acceptors (Lipinski definition) is 2. The fourth-order valence-electron chi connectivity index (χ4n) is 3.52. The molecule has 0 aliphatic rings. The van der Waals surface area contributed by atoms with Crippen LogP contribution in [-0.4, -0.2) is 10.9 Å². The highest BCUT2D eigenvalue weighted by molar-refractivity contribution is 6.04. The minimum absolute atomic E-state index is 0.146. The standard InChI is InChI=1S/C27H32N2O/c1-3-4-5-6-7-8-9-22-11-13-23(14-12-22)24-15-17-25(18-16-24)27(30)29-26-19-10-21(2)20-28-26/h10-20H,3-9H2,1-2H3,(H,28,29,30). The third-order valence-corrected chi connectivity index (χ3v) is 5.41. The fourth-order valence-corrected chi connectivity index (χ4v) is 3.52. The van der Waals surface area contributed by atoms with Gasteiger partial charge in [0.15, 0.2) is 0 Å². The molecule has 0 unspecified atom stereocenters. The maximum absolute atomic E-state index is 12.4. The second-order valence-corrected chi connectivity index (χ2v) is 7.97. The van der Waals surface area contributed by atoms with Crippen LogP contribution in [0.5, 0.6) is 0 Å². The number of carbonyl (C=O) groups excluding carboxylic acids is 1. The molecule has 1 aromatic heterocycles. The molecule has 0 aliphatic carbocycles. The number of nitrogens with zero attached hydrogens (tertiary/aromatic N) is 1. The topological polar surface area (TPSA) is 42.0 Å². The van der Waals surface area contributed by atoms with Gasteiger partial charge in [0.1, 0.15) is 5.82 Å². The zero-order valence-corrected chi connectivity index (χ0v) is 18.2. The number of anilines is 1. The highest BCUT2D eigenvalue weighted by Crippen LogP contribution is 2.21. The lowest BCUT2D eigenvalue weighted by Crippen LogP contribution is -2.12. The van der Waals surface area contributed by atoms with Gasteiger partial charge in [-0.3, -0.25) is 4.79 Å². The van der Waals surface area contributed by atoms with E-state index in [0.29, 0.717) is 11.4 Å². The molecule has 0 saturated heterocycles. The molecule has 0 fully saturated rings. The van der Waals surface area contributed by atoms with Gasteiger partial charge in [-0.25, -0.2) is 4.98 Å². The van der Waals surface area contributed by atoms with Crippen molar-refractivity contribution in [2.75, 3.05) is 5.32 Å². The Hall–Kier alpha value is -2.94. The third kappa shape index (κ3) is 6.55. The van der Waals surface area contributed by atoms with E-state index in [1.54, 1.807) is 6.20 Å². The third-order valence-electron chi connectivity index (χ3n) is 5.41. The van der Waals surface area contributed by atoms with Gasteiger partial charge in [-0.05, 0) is 60.2 Å². The summed E-state index contributed by atoms with van der Waals surface area (Å²) < 4.78 is 0.